The van der Waals surface area contributed by atoms with Crippen molar-refractivity contribution in [1.29, 1.82) is 0 Å². The van der Waals surface area contributed by atoms with Crippen molar-refractivity contribution >= 4 is 12.0 Å². The number of nitrogens with one attached hydrogen (secondary N) is 2. The van der Waals surface area contributed by atoms with Crippen molar-refractivity contribution in [2.24, 2.45) is 0 Å². The van der Waals surface area contributed by atoms with Crippen LogP contribution in [0.4, 0.5) is 31.1 Å². The Hall–Kier alpha value is -2.92. The van der Waals surface area contributed by atoms with Crippen molar-refractivity contribution in [3.63, 3.8) is 0 Å². The Kier molecular flexibility index (Phi) is 6.88. The Morgan fingerprint density at radius 3 is 2.17 bits per heavy atom. The summed E-state index contributed by atoms with van der Waals surface area (Å²) in [7, 11) is 0. The summed E-state index contributed by atoms with van der Waals surface area (Å²) in [6.07, 6.45) is -15.3. The lowest BCUT2D eigenvalue weighted by molar-refractivity contribution is -0.312. The van der Waals surface area contributed by atoms with E-state index in [9.17, 15) is 35.9 Å². The summed E-state index contributed by atoms with van der Waals surface area (Å²) in [6, 6.07) is 3.72. The number of benzene rings is 1. The molecule has 0 bridgehead atoms. The zero-order valence-corrected chi connectivity index (χ0v) is 15.8. The van der Waals surface area contributed by atoms with Gasteiger partial charge < -0.3 is 20.1 Å². The van der Waals surface area contributed by atoms with E-state index in [1.54, 1.807) is 0 Å². The third kappa shape index (κ3) is 5.57. The average molecular weight is 440 g/mol. The number of urea groups is 1. The predicted octanol–water partition coefficient (Wildman–Crippen LogP) is 4.14. The number of hydrogen-bond acceptors (Lipinski definition) is 4. The molecule has 0 saturated carbocycles. The smallest absolute Gasteiger partial charge is 0.434 e. The normalized spacial score (nSPS) is 17.5. The molecule has 12 heteroatoms. The maximum atomic E-state index is 12.8. The summed E-state index contributed by atoms with van der Waals surface area (Å²) in [6.45, 7) is 3.48. The van der Waals surface area contributed by atoms with Gasteiger partial charge >= 0.3 is 24.4 Å². The molecule has 0 saturated heterocycles. The first-order valence-electron chi connectivity index (χ1n) is 8.70. The molecule has 1 aromatic carbocycles. The minimum atomic E-state index is -5.86. The molecule has 1 aromatic rings. The number of carbonyl (C=O) groups excluding carboxylic acids is 2. The highest BCUT2D eigenvalue weighted by Gasteiger charge is 2.60. The SMILES string of the molecule is CCCOc1ccc([C@H]2NC(=O)NC(C)=C2C(=O)OC(C(F)(F)F)C(F)(F)F)cc1. The van der Waals surface area contributed by atoms with Gasteiger partial charge in [-0.25, -0.2) is 9.59 Å². The molecule has 1 atom stereocenters. The number of esters is 1. The number of halogens is 6. The van der Waals surface area contributed by atoms with Crippen LogP contribution >= 0.6 is 0 Å². The highest BCUT2D eigenvalue weighted by Crippen LogP contribution is 2.37. The van der Waals surface area contributed by atoms with E-state index in [0.29, 0.717) is 12.4 Å². The molecule has 6 nitrogen and oxygen atoms in total. The van der Waals surface area contributed by atoms with Gasteiger partial charge in [0.05, 0.1) is 18.2 Å². The van der Waals surface area contributed by atoms with Crippen LogP contribution in [0.1, 0.15) is 31.9 Å². The van der Waals surface area contributed by atoms with Gasteiger partial charge in [-0.05, 0) is 31.0 Å². The highest BCUT2D eigenvalue weighted by molar-refractivity contribution is 5.95. The Morgan fingerprint density at radius 1 is 1.10 bits per heavy atom. The lowest BCUT2D eigenvalue weighted by atomic mass is 9.95. The number of ether oxygens (including phenoxy) is 2. The van der Waals surface area contributed by atoms with Gasteiger partial charge in [-0.3, -0.25) is 0 Å². The number of allylic oxidation sites excluding steroid dienone is 1. The molecule has 2 N–H and O–H groups in total. The quantitative estimate of drug-likeness (QED) is 0.515. The first-order valence-corrected chi connectivity index (χ1v) is 8.70. The van der Waals surface area contributed by atoms with Gasteiger partial charge in [0, 0.05) is 5.70 Å². The van der Waals surface area contributed by atoms with E-state index in [1.807, 2.05) is 6.92 Å². The number of rotatable bonds is 6. The summed E-state index contributed by atoms with van der Waals surface area (Å²) >= 11 is 0. The molecule has 1 aliphatic heterocycles. The molecule has 0 fully saturated rings. The summed E-state index contributed by atoms with van der Waals surface area (Å²) in [4.78, 5) is 24.1. The van der Waals surface area contributed by atoms with Crippen molar-refractivity contribution in [3.8, 4) is 5.75 Å². The van der Waals surface area contributed by atoms with Gasteiger partial charge in [-0.15, -0.1) is 0 Å². The van der Waals surface area contributed by atoms with Crippen LogP contribution in [-0.2, 0) is 9.53 Å². The zero-order chi connectivity index (χ0) is 22.7. The van der Waals surface area contributed by atoms with Crippen LogP contribution < -0.4 is 15.4 Å². The maximum absolute atomic E-state index is 12.8. The third-order valence-corrected chi connectivity index (χ3v) is 3.99. The fourth-order valence-electron chi connectivity index (χ4n) is 2.68. The minimum absolute atomic E-state index is 0.232. The zero-order valence-electron chi connectivity index (χ0n) is 15.8. The van der Waals surface area contributed by atoms with E-state index >= 15 is 0 Å². The Bertz CT molecular complexity index is 803. The van der Waals surface area contributed by atoms with Crippen LogP contribution in [0.2, 0.25) is 0 Å². The fraction of sp³-hybridized carbons (Fsp3) is 0.444. The fourth-order valence-corrected chi connectivity index (χ4v) is 2.68. The summed E-state index contributed by atoms with van der Waals surface area (Å²) in [5.74, 6) is -1.41. The molecule has 0 aromatic heterocycles. The van der Waals surface area contributed by atoms with Crippen LogP contribution in [0.5, 0.6) is 5.75 Å². The molecule has 30 heavy (non-hydrogen) atoms. The van der Waals surface area contributed by atoms with Crippen molar-refractivity contribution in [1.82, 2.24) is 10.6 Å². The maximum Gasteiger partial charge on any atom is 0.434 e. The molecule has 0 spiro atoms. The second-order valence-electron chi connectivity index (χ2n) is 6.36. The van der Waals surface area contributed by atoms with Gasteiger partial charge in [-0.1, -0.05) is 19.1 Å². The van der Waals surface area contributed by atoms with Crippen molar-refractivity contribution in [3.05, 3.63) is 41.1 Å². The van der Waals surface area contributed by atoms with Gasteiger partial charge in [0.25, 0.3) is 6.10 Å². The standard InChI is InChI=1S/C18H18F6N2O4/c1-3-8-29-11-6-4-10(5-7-11)13-12(9(2)25-16(28)26-13)14(27)30-15(17(19,20)21)18(22,23)24/h4-7,13,15H,3,8H2,1-2H3,(H2,25,26,28)/t13-/m1/s1. The van der Waals surface area contributed by atoms with E-state index in [0.717, 1.165) is 13.3 Å². The number of alkyl halides is 6. The van der Waals surface area contributed by atoms with E-state index in [2.05, 4.69) is 15.4 Å². The van der Waals surface area contributed by atoms with Gasteiger partial charge in [0.2, 0.25) is 0 Å². The largest absolute Gasteiger partial charge is 0.494 e. The molecule has 0 unspecified atom stereocenters. The van der Waals surface area contributed by atoms with Gasteiger partial charge in [0.1, 0.15) is 5.75 Å². The molecule has 0 aliphatic carbocycles. The topological polar surface area (TPSA) is 76.7 Å². The molecule has 1 aliphatic rings. The van der Waals surface area contributed by atoms with Gasteiger partial charge in [-0.2, -0.15) is 26.3 Å². The molecular weight excluding hydrogens is 422 g/mol. The first-order chi connectivity index (χ1) is 13.8. The van der Waals surface area contributed by atoms with E-state index in [-0.39, 0.29) is 11.3 Å². The van der Waals surface area contributed by atoms with Crippen LogP contribution in [-0.4, -0.2) is 37.1 Å². The second-order valence-corrected chi connectivity index (χ2v) is 6.36. The Labute approximate surface area is 167 Å². The second kappa shape index (κ2) is 8.84. The van der Waals surface area contributed by atoms with Crippen LogP contribution in [0.25, 0.3) is 0 Å². The Morgan fingerprint density at radius 2 is 1.67 bits per heavy atom. The number of amides is 2. The number of hydrogen-bond donors (Lipinski definition) is 2. The Balaban J connectivity index is 2.36. The molecule has 166 valence electrons. The van der Waals surface area contributed by atoms with Crippen LogP contribution in [0.15, 0.2) is 35.5 Å². The number of carbonyl (C=O) groups is 2. The third-order valence-electron chi connectivity index (χ3n) is 3.99. The average Bonchev–Trinajstić information content (AvgIpc) is 2.62. The van der Waals surface area contributed by atoms with Crippen LogP contribution in [0.3, 0.4) is 0 Å². The summed E-state index contributed by atoms with van der Waals surface area (Å²) < 4.78 is 85.7. The molecule has 0 radical (unpaired) electrons. The van der Waals surface area contributed by atoms with Crippen LogP contribution in [0, 0.1) is 0 Å². The molecule has 2 rings (SSSR count). The van der Waals surface area contributed by atoms with E-state index in [1.165, 1.54) is 24.3 Å². The lowest BCUT2D eigenvalue weighted by Crippen LogP contribution is -2.49. The molecule has 1 heterocycles. The predicted molar refractivity (Wildman–Crippen MR) is 91.3 cm³/mol. The van der Waals surface area contributed by atoms with Crippen molar-refractivity contribution in [2.45, 2.75) is 44.8 Å². The van der Waals surface area contributed by atoms with E-state index in [4.69, 9.17) is 4.74 Å². The highest BCUT2D eigenvalue weighted by atomic mass is 19.4. The van der Waals surface area contributed by atoms with Crippen molar-refractivity contribution < 1.29 is 45.4 Å². The lowest BCUT2D eigenvalue weighted by Gasteiger charge is -2.30. The monoisotopic (exact) mass is 440 g/mol. The molecule has 2 amide bonds. The van der Waals surface area contributed by atoms with Gasteiger partial charge in [0.15, 0.2) is 0 Å². The summed E-state index contributed by atoms with van der Waals surface area (Å²) in [5, 5.41) is 4.44. The van der Waals surface area contributed by atoms with Crippen molar-refractivity contribution in [2.75, 3.05) is 6.61 Å². The summed E-state index contributed by atoms with van der Waals surface area (Å²) in [5.41, 5.74) is -0.589. The first kappa shape index (κ1) is 23.4. The van der Waals surface area contributed by atoms with E-state index < -0.39 is 42.1 Å². The minimum Gasteiger partial charge on any atom is -0.494 e. The molecular formula is C18H18F6N2O4.